The SMILES string of the molecule is CC1OC(CO)C(O)C(O)C1NC(=O)CCCCCCc1ccccc1. The van der Waals surface area contributed by atoms with Crippen LogP contribution in [0.15, 0.2) is 30.3 Å². The van der Waals surface area contributed by atoms with E-state index in [1.54, 1.807) is 6.92 Å². The molecule has 26 heavy (non-hydrogen) atoms. The Balaban J connectivity index is 1.62. The highest BCUT2D eigenvalue weighted by Gasteiger charge is 2.42. The van der Waals surface area contributed by atoms with Gasteiger partial charge < -0.3 is 25.4 Å². The summed E-state index contributed by atoms with van der Waals surface area (Å²) in [6, 6.07) is 9.69. The second-order valence-corrected chi connectivity index (χ2v) is 7.04. The average Bonchev–Trinajstić information content (AvgIpc) is 2.65. The van der Waals surface area contributed by atoms with Gasteiger partial charge in [-0.05, 0) is 31.7 Å². The van der Waals surface area contributed by atoms with Gasteiger partial charge >= 0.3 is 0 Å². The van der Waals surface area contributed by atoms with Crippen LogP contribution in [0.25, 0.3) is 0 Å². The molecule has 146 valence electrons. The third-order valence-corrected chi connectivity index (χ3v) is 4.96. The van der Waals surface area contributed by atoms with Gasteiger partial charge in [-0.2, -0.15) is 0 Å². The molecule has 1 fully saturated rings. The molecule has 1 heterocycles. The zero-order chi connectivity index (χ0) is 18.9. The number of aliphatic hydroxyl groups is 3. The maximum absolute atomic E-state index is 12.1. The highest BCUT2D eigenvalue weighted by Crippen LogP contribution is 2.21. The Morgan fingerprint density at radius 1 is 1.08 bits per heavy atom. The number of amides is 1. The lowest BCUT2D eigenvalue weighted by Crippen LogP contribution is -2.63. The van der Waals surface area contributed by atoms with Crippen molar-refractivity contribution in [3.8, 4) is 0 Å². The van der Waals surface area contributed by atoms with Gasteiger partial charge in [-0.25, -0.2) is 0 Å². The molecule has 6 heteroatoms. The van der Waals surface area contributed by atoms with Gasteiger partial charge in [0.1, 0.15) is 18.3 Å². The highest BCUT2D eigenvalue weighted by molar-refractivity contribution is 5.76. The smallest absolute Gasteiger partial charge is 0.220 e. The summed E-state index contributed by atoms with van der Waals surface area (Å²) in [7, 11) is 0. The molecule has 1 saturated heterocycles. The third kappa shape index (κ3) is 6.06. The van der Waals surface area contributed by atoms with E-state index in [2.05, 4.69) is 17.4 Å². The highest BCUT2D eigenvalue weighted by atomic mass is 16.5. The average molecular weight is 365 g/mol. The summed E-state index contributed by atoms with van der Waals surface area (Å²) in [5.74, 6) is -0.151. The van der Waals surface area contributed by atoms with Gasteiger partial charge in [-0.15, -0.1) is 0 Å². The molecule has 1 aromatic carbocycles. The lowest BCUT2D eigenvalue weighted by Gasteiger charge is -2.41. The summed E-state index contributed by atoms with van der Waals surface area (Å²) in [4.78, 5) is 12.1. The minimum atomic E-state index is -1.21. The van der Waals surface area contributed by atoms with Crippen LogP contribution in [-0.4, -0.2) is 58.3 Å². The molecule has 0 saturated carbocycles. The van der Waals surface area contributed by atoms with E-state index in [0.29, 0.717) is 6.42 Å². The monoisotopic (exact) mass is 365 g/mol. The maximum atomic E-state index is 12.1. The van der Waals surface area contributed by atoms with Crippen molar-refractivity contribution in [2.45, 2.75) is 75.9 Å². The number of hydrogen-bond donors (Lipinski definition) is 4. The summed E-state index contributed by atoms with van der Waals surface area (Å²) in [6.45, 7) is 1.35. The number of rotatable bonds is 9. The van der Waals surface area contributed by atoms with E-state index in [1.807, 2.05) is 18.2 Å². The zero-order valence-corrected chi connectivity index (χ0v) is 15.4. The Morgan fingerprint density at radius 2 is 1.77 bits per heavy atom. The normalized spacial score (nSPS) is 28.7. The first-order valence-corrected chi connectivity index (χ1v) is 9.48. The molecule has 5 atom stereocenters. The molecule has 0 aliphatic carbocycles. The van der Waals surface area contributed by atoms with Crippen LogP contribution in [0.5, 0.6) is 0 Å². The second kappa shape index (κ2) is 10.6. The van der Waals surface area contributed by atoms with Crippen LogP contribution in [-0.2, 0) is 16.0 Å². The molecule has 0 radical (unpaired) electrons. The topological polar surface area (TPSA) is 99.0 Å². The van der Waals surface area contributed by atoms with Crippen molar-refractivity contribution >= 4 is 5.91 Å². The van der Waals surface area contributed by atoms with Gasteiger partial charge in [-0.1, -0.05) is 43.2 Å². The predicted octanol–water partition coefficient (Wildman–Crippen LogP) is 1.17. The van der Waals surface area contributed by atoms with Crippen LogP contribution >= 0.6 is 0 Å². The van der Waals surface area contributed by atoms with E-state index >= 15 is 0 Å². The fourth-order valence-corrected chi connectivity index (χ4v) is 3.38. The molecule has 4 N–H and O–H groups in total. The number of unbranched alkanes of at least 4 members (excludes halogenated alkanes) is 3. The van der Waals surface area contributed by atoms with Crippen molar-refractivity contribution in [1.82, 2.24) is 5.32 Å². The molecule has 5 unspecified atom stereocenters. The number of carbonyl (C=O) groups excluding carboxylic acids is 1. The van der Waals surface area contributed by atoms with Crippen molar-refractivity contribution in [2.24, 2.45) is 0 Å². The van der Waals surface area contributed by atoms with Gasteiger partial charge in [0, 0.05) is 6.42 Å². The molecular formula is C20H31NO5. The molecular weight excluding hydrogens is 334 g/mol. The zero-order valence-electron chi connectivity index (χ0n) is 15.4. The summed E-state index contributed by atoms with van der Waals surface area (Å²) in [5.41, 5.74) is 1.34. The first-order chi connectivity index (χ1) is 12.5. The Kier molecular flexibility index (Phi) is 8.51. The Labute approximate surface area is 155 Å². The number of ether oxygens (including phenoxy) is 1. The number of aryl methyl sites for hydroxylation is 1. The number of benzene rings is 1. The maximum Gasteiger partial charge on any atom is 0.220 e. The number of nitrogens with one attached hydrogen (secondary N) is 1. The van der Waals surface area contributed by atoms with E-state index in [-0.39, 0.29) is 12.5 Å². The standard InChI is InChI=1S/C20H31NO5/c1-14-18(20(25)19(24)16(13-22)26-14)21-17(23)12-8-3-2-5-9-15-10-6-4-7-11-15/h4,6-7,10-11,14,16,18-20,22,24-25H,2-3,5,8-9,12-13H2,1H3,(H,21,23). The van der Waals surface area contributed by atoms with E-state index in [9.17, 15) is 15.0 Å². The lowest BCUT2D eigenvalue weighted by molar-refractivity contribution is -0.190. The Morgan fingerprint density at radius 3 is 2.46 bits per heavy atom. The second-order valence-electron chi connectivity index (χ2n) is 7.04. The van der Waals surface area contributed by atoms with E-state index < -0.39 is 30.5 Å². The summed E-state index contributed by atoms with van der Waals surface area (Å²) >= 11 is 0. The lowest BCUT2D eigenvalue weighted by atomic mass is 9.93. The number of aliphatic hydroxyl groups excluding tert-OH is 3. The van der Waals surface area contributed by atoms with Crippen LogP contribution in [0.3, 0.4) is 0 Å². The minimum Gasteiger partial charge on any atom is -0.394 e. The van der Waals surface area contributed by atoms with E-state index in [0.717, 1.165) is 32.1 Å². The van der Waals surface area contributed by atoms with Crippen LogP contribution in [0.1, 0.15) is 44.6 Å². The fraction of sp³-hybridized carbons (Fsp3) is 0.650. The van der Waals surface area contributed by atoms with Crippen molar-refractivity contribution < 1.29 is 24.9 Å². The minimum absolute atomic E-state index is 0.151. The van der Waals surface area contributed by atoms with Crippen molar-refractivity contribution in [1.29, 1.82) is 0 Å². The van der Waals surface area contributed by atoms with E-state index in [4.69, 9.17) is 9.84 Å². The van der Waals surface area contributed by atoms with Crippen LogP contribution in [0.2, 0.25) is 0 Å². The molecule has 1 aromatic rings. The van der Waals surface area contributed by atoms with Crippen molar-refractivity contribution in [2.75, 3.05) is 6.61 Å². The molecule has 0 spiro atoms. The fourth-order valence-electron chi connectivity index (χ4n) is 3.38. The van der Waals surface area contributed by atoms with Gasteiger partial charge in [0.25, 0.3) is 0 Å². The predicted molar refractivity (Wildman–Crippen MR) is 98.6 cm³/mol. The van der Waals surface area contributed by atoms with Crippen LogP contribution in [0.4, 0.5) is 0 Å². The Hall–Kier alpha value is -1.47. The number of hydrogen-bond acceptors (Lipinski definition) is 5. The Bertz CT molecular complexity index is 538. The molecule has 2 rings (SSSR count). The molecule has 0 bridgehead atoms. The van der Waals surface area contributed by atoms with Gasteiger partial charge in [0.2, 0.25) is 5.91 Å². The number of carbonyl (C=O) groups is 1. The first-order valence-electron chi connectivity index (χ1n) is 9.48. The summed E-state index contributed by atoms with van der Waals surface area (Å²) in [6.07, 6.45) is 1.75. The van der Waals surface area contributed by atoms with Crippen LogP contribution in [0, 0.1) is 0 Å². The van der Waals surface area contributed by atoms with Crippen molar-refractivity contribution in [3.63, 3.8) is 0 Å². The quantitative estimate of drug-likeness (QED) is 0.492. The molecule has 1 amide bonds. The van der Waals surface area contributed by atoms with Crippen molar-refractivity contribution in [3.05, 3.63) is 35.9 Å². The van der Waals surface area contributed by atoms with Crippen LogP contribution < -0.4 is 5.32 Å². The summed E-state index contributed by atoms with van der Waals surface area (Å²) in [5, 5.41) is 32.0. The molecule has 1 aliphatic heterocycles. The van der Waals surface area contributed by atoms with Gasteiger partial charge in [-0.3, -0.25) is 4.79 Å². The molecule has 1 aliphatic rings. The molecule has 6 nitrogen and oxygen atoms in total. The van der Waals surface area contributed by atoms with E-state index in [1.165, 1.54) is 5.56 Å². The third-order valence-electron chi connectivity index (χ3n) is 4.96. The summed E-state index contributed by atoms with van der Waals surface area (Å²) < 4.78 is 5.46. The van der Waals surface area contributed by atoms with Gasteiger partial charge in [0.15, 0.2) is 0 Å². The largest absolute Gasteiger partial charge is 0.394 e. The van der Waals surface area contributed by atoms with Gasteiger partial charge in [0.05, 0.1) is 18.8 Å². The molecule has 0 aromatic heterocycles. The first kappa shape index (κ1) is 20.8.